The summed E-state index contributed by atoms with van der Waals surface area (Å²) in [5.74, 6) is -0.283. The first-order valence-corrected chi connectivity index (χ1v) is 11.0. The molecule has 1 fully saturated rings. The highest BCUT2D eigenvalue weighted by Crippen LogP contribution is 2.19. The van der Waals surface area contributed by atoms with Crippen molar-refractivity contribution in [2.24, 2.45) is 5.92 Å². The summed E-state index contributed by atoms with van der Waals surface area (Å²) < 4.78 is 27.2. The van der Waals surface area contributed by atoms with Gasteiger partial charge in [0.15, 0.2) is 0 Å². The molecule has 0 aliphatic carbocycles. The minimum Gasteiger partial charge on any atom is -0.342 e. The molecular weight excluding hydrogens is 394 g/mol. The Bertz CT molecular complexity index is 961. The van der Waals surface area contributed by atoms with E-state index in [1.165, 1.54) is 24.3 Å². The lowest BCUT2D eigenvalue weighted by molar-refractivity contribution is -0.384. The van der Waals surface area contributed by atoms with Crippen molar-refractivity contribution in [2.45, 2.75) is 18.6 Å². The third-order valence-corrected chi connectivity index (χ3v) is 6.22. The number of benzene rings is 2. The number of carbonyl (C=O) groups is 1. The second-order valence-corrected chi connectivity index (χ2v) is 8.98. The second-order valence-electron chi connectivity index (χ2n) is 7.18. The van der Waals surface area contributed by atoms with Gasteiger partial charge in [-0.1, -0.05) is 42.5 Å². The minimum atomic E-state index is -3.60. The van der Waals surface area contributed by atoms with Crippen LogP contribution in [0.5, 0.6) is 0 Å². The van der Waals surface area contributed by atoms with Crippen molar-refractivity contribution in [3.05, 3.63) is 75.8 Å². The quantitative estimate of drug-likeness (QED) is 0.496. The van der Waals surface area contributed by atoms with Gasteiger partial charge in [0.25, 0.3) is 5.69 Å². The van der Waals surface area contributed by atoms with Gasteiger partial charge in [-0.3, -0.25) is 14.9 Å². The van der Waals surface area contributed by atoms with E-state index in [1.54, 1.807) is 4.90 Å². The summed E-state index contributed by atoms with van der Waals surface area (Å²) in [7, 11) is -3.60. The summed E-state index contributed by atoms with van der Waals surface area (Å²) in [5, 5.41) is 10.7. The van der Waals surface area contributed by atoms with Gasteiger partial charge < -0.3 is 4.90 Å². The number of hydrogen-bond donors (Lipinski definition) is 1. The summed E-state index contributed by atoms with van der Waals surface area (Å²) in [6.07, 6.45) is 1.10. The maximum Gasteiger partial charge on any atom is 0.269 e. The first-order chi connectivity index (χ1) is 13.8. The lowest BCUT2D eigenvalue weighted by atomic mass is 10.1. The maximum atomic E-state index is 12.3. The summed E-state index contributed by atoms with van der Waals surface area (Å²) in [6.45, 7) is 1.35. The Balaban J connectivity index is 1.47. The zero-order valence-corrected chi connectivity index (χ0v) is 16.7. The SMILES string of the molecule is O=C1CC(CNS(=O)(=O)Cc2ccc([N+](=O)[O-])cc2)CN1CCc1ccccc1. The number of rotatable bonds is 9. The first-order valence-electron chi connectivity index (χ1n) is 9.35. The Morgan fingerprint density at radius 3 is 2.41 bits per heavy atom. The molecule has 0 spiro atoms. The van der Waals surface area contributed by atoms with E-state index in [1.807, 2.05) is 30.3 Å². The Kier molecular flexibility index (Phi) is 6.60. The fraction of sp³-hybridized carbons (Fsp3) is 0.350. The van der Waals surface area contributed by atoms with Crippen LogP contribution in [0.25, 0.3) is 0 Å². The van der Waals surface area contributed by atoms with Gasteiger partial charge in [0.2, 0.25) is 15.9 Å². The van der Waals surface area contributed by atoms with E-state index in [0.29, 0.717) is 25.1 Å². The van der Waals surface area contributed by atoms with Crippen LogP contribution in [0.15, 0.2) is 54.6 Å². The van der Waals surface area contributed by atoms with Gasteiger partial charge in [0.1, 0.15) is 0 Å². The molecule has 9 heteroatoms. The van der Waals surface area contributed by atoms with Crippen LogP contribution in [0, 0.1) is 16.0 Å². The van der Waals surface area contributed by atoms with E-state index in [0.717, 1.165) is 12.0 Å². The molecule has 1 amide bonds. The van der Waals surface area contributed by atoms with Crippen LogP contribution in [0.1, 0.15) is 17.5 Å². The lowest BCUT2D eigenvalue weighted by Crippen LogP contribution is -2.32. The molecule has 0 aromatic heterocycles. The molecule has 1 unspecified atom stereocenters. The standard InChI is InChI=1S/C20H23N3O5S/c24-20-12-18(14-22(20)11-10-16-4-2-1-3-5-16)13-21-29(27,28)15-17-6-8-19(9-7-17)23(25)26/h1-9,18,21H,10-15H2. The molecule has 0 bridgehead atoms. The second kappa shape index (κ2) is 9.15. The molecular formula is C20H23N3O5S. The zero-order valence-electron chi connectivity index (χ0n) is 15.9. The van der Waals surface area contributed by atoms with Gasteiger partial charge in [0.05, 0.1) is 10.7 Å². The van der Waals surface area contributed by atoms with Gasteiger partial charge >= 0.3 is 0 Å². The van der Waals surface area contributed by atoms with Crippen LogP contribution in [0.4, 0.5) is 5.69 Å². The Hall–Kier alpha value is -2.78. The summed E-state index contributed by atoms with van der Waals surface area (Å²) in [4.78, 5) is 24.1. The molecule has 1 aliphatic rings. The molecule has 0 saturated carbocycles. The van der Waals surface area contributed by atoms with Crippen LogP contribution in [-0.4, -0.2) is 43.8 Å². The number of nitrogens with one attached hydrogen (secondary N) is 1. The van der Waals surface area contributed by atoms with Crippen LogP contribution >= 0.6 is 0 Å². The lowest BCUT2D eigenvalue weighted by Gasteiger charge is -2.17. The molecule has 1 N–H and O–H groups in total. The summed E-state index contributed by atoms with van der Waals surface area (Å²) in [6, 6.07) is 15.3. The van der Waals surface area contributed by atoms with Gasteiger partial charge in [0, 0.05) is 38.2 Å². The molecule has 0 radical (unpaired) electrons. The Morgan fingerprint density at radius 1 is 1.07 bits per heavy atom. The monoisotopic (exact) mass is 417 g/mol. The average Bonchev–Trinajstić information content (AvgIpc) is 3.05. The number of nitro benzene ring substituents is 1. The molecule has 1 aliphatic heterocycles. The zero-order chi connectivity index (χ0) is 20.9. The average molecular weight is 417 g/mol. The van der Waals surface area contributed by atoms with E-state index in [9.17, 15) is 23.3 Å². The Labute approximate surface area is 169 Å². The number of sulfonamides is 1. The van der Waals surface area contributed by atoms with Crippen LogP contribution in [0.2, 0.25) is 0 Å². The summed E-state index contributed by atoms with van der Waals surface area (Å²) >= 11 is 0. The number of nitro groups is 1. The molecule has 2 aromatic carbocycles. The molecule has 29 heavy (non-hydrogen) atoms. The van der Waals surface area contributed by atoms with Crippen molar-refractivity contribution in [3.8, 4) is 0 Å². The predicted molar refractivity (Wildman–Crippen MR) is 109 cm³/mol. The van der Waals surface area contributed by atoms with Crippen LogP contribution < -0.4 is 4.72 Å². The minimum absolute atomic E-state index is 0.0421. The van der Waals surface area contributed by atoms with E-state index >= 15 is 0 Å². The van der Waals surface area contributed by atoms with E-state index in [4.69, 9.17) is 0 Å². The highest BCUT2D eigenvalue weighted by Gasteiger charge is 2.30. The number of nitrogens with zero attached hydrogens (tertiary/aromatic N) is 2. The van der Waals surface area contributed by atoms with Crippen LogP contribution in [0.3, 0.4) is 0 Å². The van der Waals surface area contributed by atoms with E-state index in [-0.39, 0.29) is 29.8 Å². The van der Waals surface area contributed by atoms with Crippen molar-refractivity contribution < 1.29 is 18.1 Å². The third-order valence-electron chi connectivity index (χ3n) is 4.90. The normalized spacial score (nSPS) is 16.9. The molecule has 1 atom stereocenters. The number of hydrogen-bond acceptors (Lipinski definition) is 5. The number of non-ortho nitro benzene ring substituents is 1. The fourth-order valence-corrected chi connectivity index (χ4v) is 4.57. The molecule has 3 rings (SSSR count). The van der Waals surface area contributed by atoms with Crippen LogP contribution in [-0.2, 0) is 27.0 Å². The predicted octanol–water partition coefficient (Wildman–Crippen LogP) is 2.11. The summed E-state index contributed by atoms with van der Waals surface area (Å²) in [5.41, 5.74) is 1.54. The largest absolute Gasteiger partial charge is 0.342 e. The van der Waals surface area contributed by atoms with E-state index in [2.05, 4.69) is 4.72 Å². The van der Waals surface area contributed by atoms with Crippen molar-refractivity contribution in [2.75, 3.05) is 19.6 Å². The van der Waals surface area contributed by atoms with Gasteiger partial charge in [-0.2, -0.15) is 0 Å². The molecule has 8 nitrogen and oxygen atoms in total. The first kappa shape index (κ1) is 20.9. The fourth-order valence-electron chi connectivity index (χ4n) is 3.34. The maximum absolute atomic E-state index is 12.3. The van der Waals surface area contributed by atoms with Gasteiger partial charge in [-0.15, -0.1) is 0 Å². The number of carbonyl (C=O) groups excluding carboxylic acids is 1. The highest BCUT2D eigenvalue weighted by molar-refractivity contribution is 7.88. The van der Waals surface area contributed by atoms with Crippen molar-refractivity contribution in [1.82, 2.24) is 9.62 Å². The van der Waals surface area contributed by atoms with Gasteiger partial charge in [-0.05, 0) is 23.5 Å². The molecule has 1 heterocycles. The third kappa shape index (κ3) is 6.10. The van der Waals surface area contributed by atoms with Gasteiger partial charge in [-0.25, -0.2) is 13.1 Å². The smallest absolute Gasteiger partial charge is 0.269 e. The van der Waals surface area contributed by atoms with Crippen molar-refractivity contribution in [1.29, 1.82) is 0 Å². The molecule has 154 valence electrons. The number of likely N-dealkylation sites (tertiary alicyclic amines) is 1. The van der Waals surface area contributed by atoms with E-state index < -0.39 is 14.9 Å². The highest BCUT2D eigenvalue weighted by atomic mass is 32.2. The topological polar surface area (TPSA) is 110 Å². The molecule has 2 aromatic rings. The Morgan fingerprint density at radius 2 is 1.76 bits per heavy atom. The molecule has 1 saturated heterocycles. The van der Waals surface area contributed by atoms with Crippen molar-refractivity contribution >= 4 is 21.6 Å². The number of amides is 1. The van der Waals surface area contributed by atoms with Crippen molar-refractivity contribution in [3.63, 3.8) is 0 Å².